The second kappa shape index (κ2) is 5.19. The van der Waals surface area contributed by atoms with Crippen molar-refractivity contribution in [3.63, 3.8) is 0 Å². The van der Waals surface area contributed by atoms with Gasteiger partial charge in [0.15, 0.2) is 0 Å². The van der Waals surface area contributed by atoms with Gasteiger partial charge >= 0.3 is 6.16 Å². The Bertz CT molecular complexity index is 616. The van der Waals surface area contributed by atoms with Crippen LogP contribution in [-0.2, 0) is 9.47 Å². The molecule has 0 amide bonds. The zero-order valence-electron chi connectivity index (χ0n) is 9.79. The predicted octanol–water partition coefficient (Wildman–Crippen LogP) is 3.19. The van der Waals surface area contributed by atoms with Crippen LogP contribution in [0.5, 0.6) is 0 Å². The number of carbonyl (C=O) groups is 1. The van der Waals surface area contributed by atoms with Crippen LogP contribution < -0.4 is 0 Å². The smallest absolute Gasteiger partial charge is 0.438 e. The average molecular weight is 241 g/mol. The van der Waals surface area contributed by atoms with Crippen LogP contribution in [0.3, 0.4) is 0 Å². The van der Waals surface area contributed by atoms with Crippen LogP contribution in [0.4, 0.5) is 4.79 Å². The lowest BCUT2D eigenvalue weighted by atomic mass is 10.0. The maximum absolute atomic E-state index is 11.0. The van der Waals surface area contributed by atoms with Crippen molar-refractivity contribution < 1.29 is 14.3 Å². The normalized spacial score (nSPS) is 11.6. The van der Waals surface area contributed by atoms with E-state index in [1.807, 2.05) is 42.5 Å². The first kappa shape index (κ1) is 11.9. The molecule has 2 aromatic rings. The Morgan fingerprint density at radius 3 is 2.61 bits per heavy atom. The van der Waals surface area contributed by atoms with Crippen LogP contribution in [0.25, 0.3) is 10.8 Å². The highest BCUT2D eigenvalue weighted by Gasteiger charge is 2.16. The molecule has 2 aromatic carbocycles. The molecule has 0 aliphatic carbocycles. The molecule has 0 unspecified atom stereocenters. The quantitative estimate of drug-likeness (QED) is 0.757. The van der Waals surface area contributed by atoms with Crippen molar-refractivity contribution in [1.29, 1.82) is 5.26 Å². The highest BCUT2D eigenvalue weighted by atomic mass is 16.7. The second-order valence-corrected chi connectivity index (χ2v) is 3.69. The molecular weight excluding hydrogens is 230 g/mol. The topological polar surface area (TPSA) is 59.3 Å². The van der Waals surface area contributed by atoms with Crippen LogP contribution in [0.2, 0.25) is 0 Å². The Morgan fingerprint density at radius 1 is 1.22 bits per heavy atom. The standard InChI is InChI=1S/C14H11NO3/c1-17-14(16)18-13(9-15)12-7-6-10-4-2-3-5-11(10)8-12/h2-8,13H,1H3/t13-/m0/s1. The summed E-state index contributed by atoms with van der Waals surface area (Å²) in [7, 11) is 1.21. The number of hydrogen-bond donors (Lipinski definition) is 0. The van der Waals surface area contributed by atoms with Gasteiger partial charge in [0.1, 0.15) is 6.07 Å². The number of benzene rings is 2. The van der Waals surface area contributed by atoms with E-state index >= 15 is 0 Å². The summed E-state index contributed by atoms with van der Waals surface area (Å²) in [6.07, 6.45) is -1.82. The molecule has 0 radical (unpaired) electrons. The molecule has 0 saturated carbocycles. The third kappa shape index (κ3) is 2.41. The van der Waals surface area contributed by atoms with E-state index in [1.54, 1.807) is 6.07 Å². The Kier molecular flexibility index (Phi) is 3.44. The van der Waals surface area contributed by atoms with Crippen molar-refractivity contribution in [3.8, 4) is 6.07 Å². The summed E-state index contributed by atoms with van der Waals surface area (Å²) in [5, 5.41) is 11.1. The molecule has 4 heteroatoms. The van der Waals surface area contributed by atoms with Gasteiger partial charge in [0.25, 0.3) is 0 Å². The highest BCUT2D eigenvalue weighted by Crippen LogP contribution is 2.22. The summed E-state index contributed by atoms with van der Waals surface area (Å²) in [5.41, 5.74) is 0.626. The van der Waals surface area contributed by atoms with Gasteiger partial charge in [-0.1, -0.05) is 36.4 Å². The zero-order chi connectivity index (χ0) is 13.0. The Hall–Kier alpha value is -2.54. The van der Waals surface area contributed by atoms with E-state index in [9.17, 15) is 4.79 Å². The summed E-state index contributed by atoms with van der Waals surface area (Å²) in [6.45, 7) is 0. The van der Waals surface area contributed by atoms with Crippen molar-refractivity contribution in [2.45, 2.75) is 6.10 Å². The van der Waals surface area contributed by atoms with E-state index in [0.717, 1.165) is 10.8 Å². The number of rotatable bonds is 2. The molecule has 0 bridgehead atoms. The molecule has 18 heavy (non-hydrogen) atoms. The first-order chi connectivity index (χ1) is 8.74. The molecule has 0 saturated heterocycles. The lowest BCUT2D eigenvalue weighted by molar-refractivity contribution is 0.0544. The summed E-state index contributed by atoms with van der Waals surface area (Å²) in [6, 6.07) is 15.2. The zero-order valence-corrected chi connectivity index (χ0v) is 9.79. The molecule has 0 aliphatic heterocycles. The largest absolute Gasteiger partial charge is 0.509 e. The van der Waals surface area contributed by atoms with Crippen LogP contribution in [0, 0.1) is 11.3 Å². The molecule has 0 heterocycles. The summed E-state index contributed by atoms with van der Waals surface area (Å²) >= 11 is 0. The number of ether oxygens (including phenoxy) is 2. The van der Waals surface area contributed by atoms with Gasteiger partial charge in [0, 0.05) is 5.56 Å². The summed E-state index contributed by atoms with van der Waals surface area (Å²) < 4.78 is 9.24. The molecule has 0 spiro atoms. The molecule has 0 aromatic heterocycles. The first-order valence-corrected chi connectivity index (χ1v) is 5.37. The lowest BCUT2D eigenvalue weighted by Gasteiger charge is -2.10. The molecule has 4 nitrogen and oxygen atoms in total. The van der Waals surface area contributed by atoms with Gasteiger partial charge in [-0.2, -0.15) is 5.26 Å². The van der Waals surface area contributed by atoms with E-state index in [1.165, 1.54) is 7.11 Å². The minimum Gasteiger partial charge on any atom is -0.438 e. The number of fused-ring (bicyclic) bond motifs is 1. The fourth-order valence-corrected chi connectivity index (χ4v) is 1.68. The minimum absolute atomic E-state index is 0.626. The number of nitriles is 1. The van der Waals surface area contributed by atoms with E-state index in [-0.39, 0.29) is 0 Å². The van der Waals surface area contributed by atoms with Gasteiger partial charge in [-0.25, -0.2) is 4.79 Å². The maximum Gasteiger partial charge on any atom is 0.509 e. The molecule has 1 atom stereocenters. The van der Waals surface area contributed by atoms with Gasteiger partial charge < -0.3 is 9.47 Å². The fourth-order valence-electron chi connectivity index (χ4n) is 1.68. The van der Waals surface area contributed by atoms with Crippen LogP contribution >= 0.6 is 0 Å². The Labute approximate surface area is 104 Å². The molecule has 2 rings (SSSR count). The van der Waals surface area contributed by atoms with Crippen molar-refractivity contribution in [1.82, 2.24) is 0 Å². The minimum atomic E-state index is -0.956. The van der Waals surface area contributed by atoms with Crippen molar-refractivity contribution in [3.05, 3.63) is 48.0 Å². The monoisotopic (exact) mass is 241 g/mol. The second-order valence-electron chi connectivity index (χ2n) is 3.69. The van der Waals surface area contributed by atoms with Crippen LogP contribution in [-0.4, -0.2) is 13.3 Å². The number of nitrogens with zero attached hydrogens (tertiary/aromatic N) is 1. The van der Waals surface area contributed by atoms with Crippen molar-refractivity contribution in [2.24, 2.45) is 0 Å². The SMILES string of the molecule is COC(=O)O[C@@H](C#N)c1ccc2ccccc2c1. The third-order valence-corrected chi connectivity index (χ3v) is 2.57. The summed E-state index contributed by atoms with van der Waals surface area (Å²) in [4.78, 5) is 11.0. The van der Waals surface area contributed by atoms with Crippen LogP contribution in [0.1, 0.15) is 11.7 Å². The predicted molar refractivity (Wildman–Crippen MR) is 65.8 cm³/mol. The average Bonchev–Trinajstić information content (AvgIpc) is 2.44. The number of methoxy groups -OCH3 is 1. The van der Waals surface area contributed by atoms with Crippen molar-refractivity contribution in [2.75, 3.05) is 7.11 Å². The van der Waals surface area contributed by atoms with Gasteiger partial charge in [-0.3, -0.25) is 0 Å². The first-order valence-electron chi connectivity index (χ1n) is 5.37. The lowest BCUT2D eigenvalue weighted by Crippen LogP contribution is -2.09. The molecular formula is C14H11NO3. The summed E-state index contributed by atoms with van der Waals surface area (Å²) in [5.74, 6) is 0. The Morgan fingerprint density at radius 2 is 1.94 bits per heavy atom. The number of carbonyl (C=O) groups excluding carboxylic acids is 1. The maximum atomic E-state index is 11.0. The Balaban J connectivity index is 2.34. The van der Waals surface area contributed by atoms with E-state index in [2.05, 4.69) is 4.74 Å². The van der Waals surface area contributed by atoms with E-state index in [4.69, 9.17) is 10.00 Å². The van der Waals surface area contributed by atoms with E-state index in [0.29, 0.717) is 5.56 Å². The highest BCUT2D eigenvalue weighted by molar-refractivity contribution is 5.83. The van der Waals surface area contributed by atoms with Crippen molar-refractivity contribution >= 4 is 16.9 Å². The molecule has 0 fully saturated rings. The molecule has 0 N–H and O–H groups in total. The van der Waals surface area contributed by atoms with Gasteiger partial charge in [-0.05, 0) is 16.8 Å². The van der Waals surface area contributed by atoms with Crippen LogP contribution in [0.15, 0.2) is 42.5 Å². The molecule has 0 aliphatic rings. The molecule has 90 valence electrons. The van der Waals surface area contributed by atoms with Gasteiger partial charge in [0.05, 0.1) is 7.11 Å². The van der Waals surface area contributed by atoms with E-state index < -0.39 is 12.3 Å². The number of hydrogen-bond acceptors (Lipinski definition) is 4. The van der Waals surface area contributed by atoms with Gasteiger partial charge in [0.2, 0.25) is 6.10 Å². The fraction of sp³-hybridized carbons (Fsp3) is 0.143. The third-order valence-electron chi connectivity index (χ3n) is 2.57. The van der Waals surface area contributed by atoms with Gasteiger partial charge in [-0.15, -0.1) is 0 Å².